The van der Waals surface area contributed by atoms with Crippen molar-refractivity contribution in [1.82, 2.24) is 10.2 Å². The van der Waals surface area contributed by atoms with Crippen LogP contribution in [0.3, 0.4) is 0 Å². The molecule has 1 aromatic carbocycles. The van der Waals surface area contributed by atoms with Gasteiger partial charge in [-0.25, -0.2) is 0 Å². The lowest BCUT2D eigenvalue weighted by molar-refractivity contribution is -0.116. The van der Waals surface area contributed by atoms with Crippen LogP contribution in [-0.4, -0.2) is 37.0 Å². The molecule has 110 valence electrons. The van der Waals surface area contributed by atoms with E-state index in [2.05, 4.69) is 24.1 Å². The second-order valence-corrected chi connectivity index (χ2v) is 5.08. The summed E-state index contributed by atoms with van der Waals surface area (Å²) in [6.07, 6.45) is 3.14. The molecule has 1 rings (SSSR count). The van der Waals surface area contributed by atoms with E-state index in [9.17, 15) is 4.79 Å². The van der Waals surface area contributed by atoms with Gasteiger partial charge < -0.3 is 10.2 Å². The molecule has 1 N–H and O–H groups in total. The Kier molecular flexibility index (Phi) is 7.67. The third-order valence-corrected chi connectivity index (χ3v) is 3.85. The van der Waals surface area contributed by atoms with Crippen LogP contribution in [-0.2, 0) is 4.79 Å². The molecule has 0 saturated heterocycles. The highest BCUT2D eigenvalue weighted by Gasteiger charge is 2.02. The van der Waals surface area contributed by atoms with Gasteiger partial charge >= 0.3 is 0 Å². The molecule has 1 aromatic rings. The van der Waals surface area contributed by atoms with Gasteiger partial charge in [-0.05, 0) is 30.8 Å². The Morgan fingerprint density at radius 3 is 2.65 bits per heavy atom. The van der Waals surface area contributed by atoms with Crippen LogP contribution in [0.4, 0.5) is 0 Å². The summed E-state index contributed by atoms with van der Waals surface area (Å²) in [6, 6.07) is 5.32. The van der Waals surface area contributed by atoms with Gasteiger partial charge in [0.1, 0.15) is 0 Å². The maximum absolute atomic E-state index is 11.7. The van der Waals surface area contributed by atoms with Crippen LogP contribution in [0.1, 0.15) is 19.4 Å². The molecule has 0 aromatic heterocycles. The minimum atomic E-state index is -0.131. The summed E-state index contributed by atoms with van der Waals surface area (Å²) in [5, 5.41) is 3.78. The Labute approximate surface area is 130 Å². The van der Waals surface area contributed by atoms with Crippen molar-refractivity contribution < 1.29 is 4.79 Å². The molecule has 0 unspecified atom stereocenters. The fraction of sp³-hybridized carbons (Fsp3) is 0.400. The lowest BCUT2D eigenvalue weighted by atomic mass is 10.2. The fourth-order valence-corrected chi connectivity index (χ4v) is 2.12. The summed E-state index contributed by atoms with van der Waals surface area (Å²) in [7, 11) is 0. The van der Waals surface area contributed by atoms with Gasteiger partial charge in [-0.1, -0.05) is 49.2 Å². The SMILES string of the molecule is CCN(CC)CCNC(=O)/C=C/c1cccc(Cl)c1Cl. The number of benzene rings is 1. The lowest BCUT2D eigenvalue weighted by Crippen LogP contribution is -2.34. The minimum absolute atomic E-state index is 0.131. The van der Waals surface area contributed by atoms with E-state index < -0.39 is 0 Å². The molecular formula is C15H20Cl2N2O. The van der Waals surface area contributed by atoms with Crippen LogP contribution in [0.25, 0.3) is 6.08 Å². The highest BCUT2D eigenvalue weighted by atomic mass is 35.5. The van der Waals surface area contributed by atoms with Crippen LogP contribution in [0.15, 0.2) is 24.3 Å². The third-order valence-electron chi connectivity index (χ3n) is 3.02. The van der Waals surface area contributed by atoms with Gasteiger partial charge in [0, 0.05) is 19.2 Å². The minimum Gasteiger partial charge on any atom is -0.351 e. The molecule has 0 fully saturated rings. The molecule has 0 bridgehead atoms. The average molecular weight is 315 g/mol. The maximum Gasteiger partial charge on any atom is 0.244 e. The van der Waals surface area contributed by atoms with E-state index in [0.29, 0.717) is 16.6 Å². The monoisotopic (exact) mass is 314 g/mol. The molecule has 5 heteroatoms. The number of carbonyl (C=O) groups is 1. The van der Waals surface area contributed by atoms with E-state index in [4.69, 9.17) is 23.2 Å². The molecule has 3 nitrogen and oxygen atoms in total. The summed E-state index contributed by atoms with van der Waals surface area (Å²) in [5.74, 6) is -0.131. The largest absolute Gasteiger partial charge is 0.351 e. The molecule has 0 heterocycles. The predicted octanol–water partition coefficient (Wildman–Crippen LogP) is 3.46. The van der Waals surface area contributed by atoms with Gasteiger partial charge in [-0.3, -0.25) is 4.79 Å². The Morgan fingerprint density at radius 1 is 1.30 bits per heavy atom. The Balaban J connectivity index is 2.46. The number of nitrogens with zero attached hydrogens (tertiary/aromatic N) is 1. The van der Waals surface area contributed by atoms with Crippen molar-refractivity contribution in [3.05, 3.63) is 39.9 Å². The van der Waals surface area contributed by atoms with E-state index in [1.54, 1.807) is 18.2 Å². The van der Waals surface area contributed by atoms with Crippen molar-refractivity contribution in [3.63, 3.8) is 0 Å². The van der Waals surface area contributed by atoms with Gasteiger partial charge in [0.15, 0.2) is 0 Å². The van der Waals surface area contributed by atoms with Gasteiger partial charge in [0.2, 0.25) is 5.91 Å². The molecule has 0 saturated carbocycles. The molecule has 0 spiro atoms. The van der Waals surface area contributed by atoms with E-state index in [0.717, 1.165) is 25.2 Å². The first-order valence-corrected chi connectivity index (χ1v) is 7.46. The van der Waals surface area contributed by atoms with Crippen LogP contribution < -0.4 is 5.32 Å². The second-order valence-electron chi connectivity index (χ2n) is 4.29. The standard InChI is InChI=1S/C15H20Cl2N2O/c1-3-19(4-2)11-10-18-14(20)9-8-12-6-5-7-13(16)15(12)17/h5-9H,3-4,10-11H2,1-2H3,(H,18,20)/b9-8+. The highest BCUT2D eigenvalue weighted by Crippen LogP contribution is 2.26. The number of likely N-dealkylation sites (N-methyl/N-ethyl adjacent to an activating group) is 1. The zero-order valence-electron chi connectivity index (χ0n) is 11.8. The number of hydrogen-bond acceptors (Lipinski definition) is 2. The fourth-order valence-electron chi connectivity index (χ4n) is 1.75. The number of halogens is 2. The van der Waals surface area contributed by atoms with E-state index in [1.807, 2.05) is 6.07 Å². The summed E-state index contributed by atoms with van der Waals surface area (Å²) in [5.41, 5.74) is 0.734. The number of rotatable bonds is 7. The summed E-state index contributed by atoms with van der Waals surface area (Å²) in [6.45, 7) is 7.66. The molecule has 0 aliphatic carbocycles. The first-order valence-electron chi connectivity index (χ1n) is 6.70. The second kappa shape index (κ2) is 9.01. The van der Waals surface area contributed by atoms with Crippen molar-refractivity contribution >= 4 is 35.2 Å². The topological polar surface area (TPSA) is 32.3 Å². The van der Waals surface area contributed by atoms with Crippen molar-refractivity contribution in [2.45, 2.75) is 13.8 Å². The molecule has 0 aliphatic rings. The molecule has 1 amide bonds. The predicted molar refractivity (Wildman–Crippen MR) is 86.3 cm³/mol. The molecule has 0 atom stereocenters. The van der Waals surface area contributed by atoms with Gasteiger partial charge in [-0.2, -0.15) is 0 Å². The summed E-state index contributed by atoms with van der Waals surface area (Å²) >= 11 is 11.9. The maximum atomic E-state index is 11.7. The van der Waals surface area contributed by atoms with Crippen LogP contribution in [0.2, 0.25) is 10.0 Å². The van der Waals surface area contributed by atoms with E-state index in [-0.39, 0.29) is 5.91 Å². The van der Waals surface area contributed by atoms with Gasteiger partial charge in [0.25, 0.3) is 0 Å². The van der Waals surface area contributed by atoms with Crippen LogP contribution in [0, 0.1) is 0 Å². The lowest BCUT2D eigenvalue weighted by Gasteiger charge is -2.17. The number of hydrogen-bond donors (Lipinski definition) is 1. The van der Waals surface area contributed by atoms with Crippen molar-refractivity contribution in [2.24, 2.45) is 0 Å². The smallest absolute Gasteiger partial charge is 0.244 e. The average Bonchev–Trinajstić information content (AvgIpc) is 2.45. The van der Waals surface area contributed by atoms with E-state index in [1.165, 1.54) is 6.08 Å². The van der Waals surface area contributed by atoms with Crippen molar-refractivity contribution in [1.29, 1.82) is 0 Å². The quantitative estimate of drug-likeness (QED) is 0.782. The normalized spacial score (nSPS) is 11.2. The van der Waals surface area contributed by atoms with Gasteiger partial charge in [-0.15, -0.1) is 0 Å². The zero-order chi connectivity index (χ0) is 15.0. The number of carbonyl (C=O) groups excluding carboxylic acids is 1. The van der Waals surface area contributed by atoms with Crippen molar-refractivity contribution in [2.75, 3.05) is 26.2 Å². The first kappa shape index (κ1) is 17.0. The third kappa shape index (κ3) is 5.53. The summed E-state index contributed by atoms with van der Waals surface area (Å²) < 4.78 is 0. The first-order chi connectivity index (χ1) is 9.58. The molecule has 20 heavy (non-hydrogen) atoms. The van der Waals surface area contributed by atoms with Crippen LogP contribution in [0.5, 0.6) is 0 Å². The Bertz CT molecular complexity index is 471. The van der Waals surface area contributed by atoms with E-state index >= 15 is 0 Å². The van der Waals surface area contributed by atoms with Gasteiger partial charge in [0.05, 0.1) is 10.0 Å². The molecular weight excluding hydrogens is 295 g/mol. The Hall–Kier alpha value is -1.03. The number of nitrogens with one attached hydrogen (secondary N) is 1. The number of amides is 1. The summed E-state index contributed by atoms with van der Waals surface area (Å²) in [4.78, 5) is 13.9. The highest BCUT2D eigenvalue weighted by molar-refractivity contribution is 6.42. The molecule has 0 radical (unpaired) electrons. The zero-order valence-corrected chi connectivity index (χ0v) is 13.3. The van der Waals surface area contributed by atoms with Crippen molar-refractivity contribution in [3.8, 4) is 0 Å². The van der Waals surface area contributed by atoms with Crippen LogP contribution >= 0.6 is 23.2 Å². The Morgan fingerprint density at radius 2 is 2.00 bits per heavy atom. The molecule has 0 aliphatic heterocycles.